The zero-order valence-electron chi connectivity index (χ0n) is 15.1. The van der Waals surface area contributed by atoms with Crippen LogP contribution in [0, 0.1) is 0 Å². The van der Waals surface area contributed by atoms with Crippen molar-refractivity contribution >= 4 is 34.0 Å². The number of halogens is 1. The van der Waals surface area contributed by atoms with E-state index in [9.17, 15) is 4.79 Å². The summed E-state index contributed by atoms with van der Waals surface area (Å²) >= 11 is 5.98. The minimum absolute atomic E-state index is 0.204. The van der Waals surface area contributed by atoms with Gasteiger partial charge in [0.25, 0.3) is 5.56 Å². The maximum Gasteiger partial charge on any atom is 0.292 e. The Labute approximate surface area is 166 Å². The number of nitrogens with one attached hydrogen (secondary N) is 1. The number of hydrogen-bond acceptors (Lipinski definition) is 4. The second-order valence-electron chi connectivity index (χ2n) is 7.01. The molecule has 140 valence electrons. The summed E-state index contributed by atoms with van der Waals surface area (Å²) < 4.78 is 1.72. The first kappa shape index (κ1) is 17.2. The van der Waals surface area contributed by atoms with Crippen LogP contribution in [0.2, 0.25) is 5.02 Å². The Hall–Kier alpha value is -2.96. The van der Waals surface area contributed by atoms with Gasteiger partial charge in [-0.25, -0.2) is 9.97 Å². The Kier molecular flexibility index (Phi) is 4.22. The van der Waals surface area contributed by atoms with Gasteiger partial charge >= 0.3 is 0 Å². The van der Waals surface area contributed by atoms with Gasteiger partial charge in [0.1, 0.15) is 0 Å². The van der Waals surface area contributed by atoms with Gasteiger partial charge < -0.3 is 4.98 Å². The molecule has 0 saturated heterocycles. The van der Waals surface area contributed by atoms with Crippen LogP contribution in [0.1, 0.15) is 17.5 Å². The standard InChI is InChI=1S/C21H18ClN5O/c22-17-3-1-15(2-4-17)16-5-8-26(9-6-16)13-14-11-18-19(24-12-14)27-10-7-23-20(27)21(28)25-18/h1-5,7,10-12H,6,8-9,13H2,(H,25,28). The number of hydrogen-bond donors (Lipinski definition) is 1. The molecule has 0 saturated carbocycles. The number of aromatic amines is 1. The molecule has 4 aromatic rings. The minimum atomic E-state index is -0.204. The van der Waals surface area contributed by atoms with Crippen LogP contribution in [0.25, 0.3) is 22.4 Å². The van der Waals surface area contributed by atoms with Gasteiger partial charge in [-0.2, -0.15) is 0 Å². The van der Waals surface area contributed by atoms with Crippen molar-refractivity contribution in [2.24, 2.45) is 0 Å². The highest BCUT2D eigenvalue weighted by Gasteiger charge is 2.14. The first-order chi connectivity index (χ1) is 13.7. The van der Waals surface area contributed by atoms with E-state index in [4.69, 9.17) is 11.6 Å². The Morgan fingerprint density at radius 1 is 1.14 bits per heavy atom. The fourth-order valence-corrected chi connectivity index (χ4v) is 3.86. The summed E-state index contributed by atoms with van der Waals surface area (Å²) in [5.41, 5.74) is 5.26. The van der Waals surface area contributed by atoms with Gasteiger partial charge in [-0.15, -0.1) is 0 Å². The lowest BCUT2D eigenvalue weighted by molar-refractivity contribution is 0.293. The molecule has 6 nitrogen and oxygen atoms in total. The molecule has 1 N–H and O–H groups in total. The largest absolute Gasteiger partial charge is 0.316 e. The normalized spacial score (nSPS) is 15.2. The van der Waals surface area contributed by atoms with E-state index in [1.807, 2.05) is 24.4 Å². The third-order valence-electron chi connectivity index (χ3n) is 5.16. The third-order valence-corrected chi connectivity index (χ3v) is 5.41. The zero-order valence-corrected chi connectivity index (χ0v) is 15.9. The van der Waals surface area contributed by atoms with Crippen LogP contribution in [0.3, 0.4) is 0 Å². The number of benzene rings is 1. The molecule has 5 rings (SSSR count). The quantitative estimate of drug-likeness (QED) is 0.580. The van der Waals surface area contributed by atoms with Crippen LogP contribution < -0.4 is 5.56 Å². The first-order valence-electron chi connectivity index (χ1n) is 9.19. The predicted octanol–water partition coefficient (Wildman–Crippen LogP) is 3.51. The molecule has 0 amide bonds. The second-order valence-corrected chi connectivity index (χ2v) is 7.45. The van der Waals surface area contributed by atoms with E-state index in [1.54, 1.807) is 16.8 Å². The summed E-state index contributed by atoms with van der Waals surface area (Å²) in [4.78, 5) is 26.0. The lowest BCUT2D eigenvalue weighted by Crippen LogP contribution is -2.28. The molecule has 0 unspecified atom stereocenters. The molecule has 0 fully saturated rings. The summed E-state index contributed by atoms with van der Waals surface area (Å²) in [7, 11) is 0. The topological polar surface area (TPSA) is 66.3 Å². The van der Waals surface area contributed by atoms with Crippen molar-refractivity contribution in [1.82, 2.24) is 24.3 Å². The Balaban J connectivity index is 1.36. The fourth-order valence-electron chi connectivity index (χ4n) is 3.73. The van der Waals surface area contributed by atoms with Crippen molar-refractivity contribution in [2.75, 3.05) is 13.1 Å². The summed E-state index contributed by atoms with van der Waals surface area (Å²) in [6.07, 6.45) is 8.51. The molecular formula is C21H18ClN5O. The van der Waals surface area contributed by atoms with Crippen molar-refractivity contribution in [3.05, 3.63) is 81.5 Å². The smallest absolute Gasteiger partial charge is 0.292 e. The van der Waals surface area contributed by atoms with Gasteiger partial charge in [0.2, 0.25) is 5.65 Å². The maximum atomic E-state index is 12.2. The van der Waals surface area contributed by atoms with E-state index in [0.29, 0.717) is 11.3 Å². The first-order valence-corrected chi connectivity index (χ1v) is 9.56. The number of H-pyrrole nitrogens is 1. The number of aromatic nitrogens is 4. The molecule has 1 aliphatic heterocycles. The van der Waals surface area contributed by atoms with Crippen LogP contribution >= 0.6 is 11.6 Å². The van der Waals surface area contributed by atoms with Crippen LogP contribution in [0.15, 0.2) is 59.8 Å². The Morgan fingerprint density at radius 2 is 2.00 bits per heavy atom. The van der Waals surface area contributed by atoms with Crippen LogP contribution in [0.5, 0.6) is 0 Å². The average Bonchev–Trinajstić information content (AvgIpc) is 3.20. The lowest BCUT2D eigenvalue weighted by Gasteiger charge is -2.26. The second kappa shape index (κ2) is 6.89. The van der Waals surface area contributed by atoms with Gasteiger partial charge in [0.05, 0.1) is 5.52 Å². The van der Waals surface area contributed by atoms with E-state index < -0.39 is 0 Å². The number of pyridine rings is 1. The fraction of sp³-hybridized carbons (Fsp3) is 0.190. The Bertz CT molecular complexity index is 1260. The molecule has 4 heterocycles. The van der Waals surface area contributed by atoms with E-state index in [1.165, 1.54) is 11.1 Å². The van der Waals surface area contributed by atoms with Crippen molar-refractivity contribution < 1.29 is 0 Å². The van der Waals surface area contributed by atoms with Gasteiger partial charge in [-0.3, -0.25) is 14.1 Å². The van der Waals surface area contributed by atoms with Crippen molar-refractivity contribution in [1.29, 1.82) is 0 Å². The molecule has 0 radical (unpaired) electrons. The minimum Gasteiger partial charge on any atom is -0.316 e. The Morgan fingerprint density at radius 3 is 2.79 bits per heavy atom. The van der Waals surface area contributed by atoms with Crippen LogP contribution in [-0.4, -0.2) is 37.3 Å². The summed E-state index contributed by atoms with van der Waals surface area (Å²) in [5, 5.41) is 0.761. The summed E-state index contributed by atoms with van der Waals surface area (Å²) in [5.74, 6) is 0. The maximum absolute atomic E-state index is 12.2. The van der Waals surface area contributed by atoms with Crippen LogP contribution in [-0.2, 0) is 6.54 Å². The van der Waals surface area contributed by atoms with Crippen LogP contribution in [0.4, 0.5) is 0 Å². The summed E-state index contributed by atoms with van der Waals surface area (Å²) in [6, 6.07) is 10.0. The van der Waals surface area contributed by atoms with Crippen molar-refractivity contribution in [2.45, 2.75) is 13.0 Å². The van der Waals surface area contributed by atoms with E-state index in [0.717, 1.165) is 42.2 Å². The lowest BCUT2D eigenvalue weighted by atomic mass is 9.99. The molecule has 0 aliphatic carbocycles. The molecule has 3 aromatic heterocycles. The predicted molar refractivity (Wildman–Crippen MR) is 110 cm³/mol. The molecule has 0 bridgehead atoms. The monoisotopic (exact) mass is 391 g/mol. The van der Waals surface area contributed by atoms with E-state index >= 15 is 0 Å². The molecule has 7 heteroatoms. The number of fused-ring (bicyclic) bond motifs is 3. The van der Waals surface area contributed by atoms with Gasteiger partial charge in [0, 0.05) is 43.2 Å². The van der Waals surface area contributed by atoms with Gasteiger partial charge in [-0.05, 0) is 41.3 Å². The van der Waals surface area contributed by atoms with Crippen molar-refractivity contribution in [3.63, 3.8) is 0 Å². The highest BCUT2D eigenvalue weighted by Crippen LogP contribution is 2.24. The van der Waals surface area contributed by atoms with E-state index in [-0.39, 0.29) is 5.56 Å². The highest BCUT2D eigenvalue weighted by molar-refractivity contribution is 6.30. The van der Waals surface area contributed by atoms with Gasteiger partial charge in [-0.1, -0.05) is 29.8 Å². The molecule has 0 atom stereocenters. The SMILES string of the molecule is O=c1[nH]c2cc(CN3CC=C(c4ccc(Cl)cc4)CC3)cnc2n2ccnc12. The number of rotatable bonds is 3. The zero-order chi connectivity index (χ0) is 19.1. The molecule has 0 spiro atoms. The molecule has 1 aromatic carbocycles. The number of nitrogens with zero attached hydrogens (tertiary/aromatic N) is 4. The third kappa shape index (κ3) is 3.10. The number of imidazole rings is 1. The van der Waals surface area contributed by atoms with Crippen molar-refractivity contribution in [3.8, 4) is 0 Å². The van der Waals surface area contributed by atoms with E-state index in [2.05, 4.69) is 38.1 Å². The summed E-state index contributed by atoms with van der Waals surface area (Å²) in [6.45, 7) is 2.65. The molecule has 28 heavy (non-hydrogen) atoms. The molecular weight excluding hydrogens is 374 g/mol. The van der Waals surface area contributed by atoms with Gasteiger partial charge in [0.15, 0.2) is 5.65 Å². The average molecular weight is 392 g/mol. The highest BCUT2D eigenvalue weighted by atomic mass is 35.5. The molecule has 1 aliphatic rings.